The number of epoxide rings is 1. The van der Waals surface area contributed by atoms with Crippen LogP contribution in [0.25, 0.3) is 0 Å². The topological polar surface area (TPSA) is 102 Å². The number of sulfonamides is 1. The Hall–Kier alpha value is -3.43. The van der Waals surface area contributed by atoms with Crippen molar-refractivity contribution < 1.29 is 22.8 Å². The lowest BCUT2D eigenvalue weighted by Crippen LogP contribution is -2.27. The van der Waals surface area contributed by atoms with E-state index in [1.165, 1.54) is 18.2 Å². The summed E-state index contributed by atoms with van der Waals surface area (Å²) in [6.07, 6.45) is -0.0636. The van der Waals surface area contributed by atoms with Crippen LogP contribution in [0.5, 0.6) is 5.75 Å². The molecule has 0 bridgehead atoms. The van der Waals surface area contributed by atoms with Gasteiger partial charge in [0.1, 0.15) is 12.7 Å². The molecule has 3 aromatic carbocycles. The number of nitro groups is 1. The van der Waals surface area contributed by atoms with E-state index in [0.29, 0.717) is 17.9 Å². The Morgan fingerprint density at radius 2 is 1.65 bits per heavy atom. The first-order valence-electron chi connectivity index (χ1n) is 9.59. The maximum atomic E-state index is 13.4. The Morgan fingerprint density at radius 1 is 1.00 bits per heavy atom. The van der Waals surface area contributed by atoms with Gasteiger partial charge in [0.05, 0.1) is 28.7 Å². The SMILES string of the molecule is O=[N+]([O-])c1cc(N(c2ccccc2)S(=O)(=O)Cc2ccccc2)ccc1OCC1CO1. The lowest BCUT2D eigenvalue weighted by Gasteiger charge is -2.25. The molecule has 9 heteroatoms. The van der Waals surface area contributed by atoms with Gasteiger partial charge in [-0.25, -0.2) is 12.7 Å². The predicted octanol–water partition coefficient (Wildman–Crippen LogP) is 4.04. The van der Waals surface area contributed by atoms with Gasteiger partial charge in [0.15, 0.2) is 5.75 Å². The van der Waals surface area contributed by atoms with Crippen molar-refractivity contribution in [1.82, 2.24) is 0 Å². The van der Waals surface area contributed by atoms with Gasteiger partial charge in [0, 0.05) is 6.07 Å². The minimum absolute atomic E-state index is 0.0636. The van der Waals surface area contributed by atoms with E-state index in [2.05, 4.69) is 0 Å². The third kappa shape index (κ3) is 5.01. The van der Waals surface area contributed by atoms with Crippen molar-refractivity contribution in [2.45, 2.75) is 11.9 Å². The number of para-hydroxylation sites is 1. The first-order chi connectivity index (χ1) is 14.9. The highest BCUT2D eigenvalue weighted by molar-refractivity contribution is 7.92. The maximum absolute atomic E-state index is 13.4. The second-order valence-corrected chi connectivity index (χ2v) is 8.83. The number of anilines is 2. The van der Waals surface area contributed by atoms with Crippen LogP contribution in [-0.2, 0) is 20.5 Å². The molecule has 1 aliphatic heterocycles. The van der Waals surface area contributed by atoms with Crippen LogP contribution in [0.15, 0.2) is 78.9 Å². The van der Waals surface area contributed by atoms with Crippen molar-refractivity contribution in [3.8, 4) is 5.75 Å². The van der Waals surface area contributed by atoms with Gasteiger partial charge in [-0.1, -0.05) is 48.5 Å². The van der Waals surface area contributed by atoms with Crippen LogP contribution >= 0.6 is 0 Å². The molecule has 0 amide bonds. The van der Waals surface area contributed by atoms with Crippen molar-refractivity contribution in [2.75, 3.05) is 17.5 Å². The summed E-state index contributed by atoms with van der Waals surface area (Å²) >= 11 is 0. The number of benzene rings is 3. The molecule has 8 nitrogen and oxygen atoms in total. The summed E-state index contributed by atoms with van der Waals surface area (Å²) in [5, 5.41) is 11.7. The Bertz CT molecular complexity index is 1170. The molecule has 0 spiro atoms. The molecule has 1 unspecified atom stereocenters. The minimum atomic E-state index is -3.90. The number of hydrogen-bond donors (Lipinski definition) is 0. The summed E-state index contributed by atoms with van der Waals surface area (Å²) in [5.41, 5.74) is 0.841. The number of nitro benzene ring substituents is 1. The highest BCUT2D eigenvalue weighted by Gasteiger charge is 2.29. The Morgan fingerprint density at radius 3 is 2.26 bits per heavy atom. The van der Waals surface area contributed by atoms with Gasteiger partial charge in [-0.2, -0.15) is 0 Å². The molecule has 3 aromatic rings. The molecule has 160 valence electrons. The van der Waals surface area contributed by atoms with Gasteiger partial charge in [-0.05, 0) is 29.8 Å². The van der Waals surface area contributed by atoms with Crippen LogP contribution in [0.1, 0.15) is 5.56 Å². The molecule has 1 saturated heterocycles. The molecular formula is C22H20N2O6S. The Balaban J connectivity index is 1.74. The summed E-state index contributed by atoms with van der Waals surface area (Å²) in [7, 11) is -3.90. The molecule has 1 atom stereocenters. The first kappa shape index (κ1) is 20.8. The fraction of sp³-hybridized carbons (Fsp3) is 0.182. The molecule has 0 aliphatic carbocycles. The lowest BCUT2D eigenvalue weighted by molar-refractivity contribution is -0.385. The van der Waals surface area contributed by atoms with E-state index in [1.54, 1.807) is 60.7 Å². The Labute approximate surface area is 179 Å². The first-order valence-corrected chi connectivity index (χ1v) is 11.2. The second-order valence-electron chi connectivity index (χ2n) is 7.02. The predicted molar refractivity (Wildman–Crippen MR) is 116 cm³/mol. The number of ether oxygens (including phenoxy) is 2. The molecule has 0 saturated carbocycles. The van der Waals surface area contributed by atoms with Crippen molar-refractivity contribution in [1.29, 1.82) is 0 Å². The van der Waals surface area contributed by atoms with E-state index in [1.807, 2.05) is 0 Å². The number of nitrogens with zero attached hydrogens (tertiary/aromatic N) is 2. The third-order valence-corrected chi connectivity index (χ3v) is 6.34. The lowest BCUT2D eigenvalue weighted by atomic mass is 10.2. The summed E-state index contributed by atoms with van der Waals surface area (Å²) in [6.45, 7) is 0.764. The fourth-order valence-corrected chi connectivity index (χ4v) is 4.75. The molecule has 1 fully saturated rings. The molecule has 1 aliphatic rings. The fourth-order valence-electron chi connectivity index (χ4n) is 3.13. The molecule has 0 aromatic heterocycles. The van der Waals surface area contributed by atoms with E-state index in [4.69, 9.17) is 9.47 Å². The maximum Gasteiger partial charge on any atom is 0.313 e. The standard InChI is InChI=1S/C22H20N2O6S/c25-24(26)21-13-19(11-12-22(21)30-15-20-14-29-20)23(18-9-5-2-6-10-18)31(27,28)16-17-7-3-1-4-8-17/h1-13,20H,14-16H2. The van der Waals surface area contributed by atoms with Gasteiger partial charge in [-0.15, -0.1) is 0 Å². The highest BCUT2D eigenvalue weighted by Crippen LogP contribution is 2.37. The van der Waals surface area contributed by atoms with Crippen LogP contribution in [0.3, 0.4) is 0 Å². The van der Waals surface area contributed by atoms with Gasteiger partial charge >= 0.3 is 5.69 Å². The normalized spacial score (nSPS) is 15.3. The largest absolute Gasteiger partial charge is 0.484 e. The van der Waals surface area contributed by atoms with E-state index in [9.17, 15) is 18.5 Å². The zero-order valence-electron chi connectivity index (χ0n) is 16.5. The molecule has 0 radical (unpaired) electrons. The van der Waals surface area contributed by atoms with Crippen LogP contribution in [0.4, 0.5) is 17.1 Å². The second kappa shape index (κ2) is 8.75. The highest BCUT2D eigenvalue weighted by atomic mass is 32.2. The quantitative estimate of drug-likeness (QED) is 0.283. The average Bonchev–Trinajstić information content (AvgIpc) is 3.58. The van der Waals surface area contributed by atoms with Crippen molar-refractivity contribution in [3.05, 3.63) is 94.5 Å². The van der Waals surface area contributed by atoms with Gasteiger partial charge in [-0.3, -0.25) is 10.1 Å². The molecule has 1 heterocycles. The van der Waals surface area contributed by atoms with Crippen LogP contribution in [0, 0.1) is 10.1 Å². The third-order valence-electron chi connectivity index (χ3n) is 4.66. The molecular weight excluding hydrogens is 420 g/mol. The summed E-state index contributed by atoms with van der Waals surface area (Å²) < 4.78 is 38.5. The summed E-state index contributed by atoms with van der Waals surface area (Å²) in [4.78, 5) is 11.1. The van der Waals surface area contributed by atoms with Gasteiger partial charge in [0.2, 0.25) is 10.0 Å². The number of rotatable bonds is 9. The van der Waals surface area contributed by atoms with Gasteiger partial charge < -0.3 is 9.47 Å². The minimum Gasteiger partial charge on any atom is -0.484 e. The Kier molecular flexibility index (Phi) is 5.88. The van der Waals surface area contributed by atoms with E-state index in [0.717, 1.165) is 4.31 Å². The van der Waals surface area contributed by atoms with Crippen molar-refractivity contribution >= 4 is 27.1 Å². The van der Waals surface area contributed by atoms with E-state index >= 15 is 0 Å². The zero-order valence-corrected chi connectivity index (χ0v) is 17.3. The molecule has 4 rings (SSSR count). The average molecular weight is 440 g/mol. The number of hydrogen-bond acceptors (Lipinski definition) is 6. The van der Waals surface area contributed by atoms with E-state index in [-0.39, 0.29) is 35.6 Å². The van der Waals surface area contributed by atoms with Gasteiger partial charge in [0.25, 0.3) is 0 Å². The van der Waals surface area contributed by atoms with Crippen LogP contribution in [-0.4, -0.2) is 32.7 Å². The van der Waals surface area contributed by atoms with E-state index < -0.39 is 14.9 Å². The van der Waals surface area contributed by atoms with Crippen molar-refractivity contribution in [3.63, 3.8) is 0 Å². The van der Waals surface area contributed by atoms with Crippen LogP contribution < -0.4 is 9.04 Å². The summed E-state index contributed by atoms with van der Waals surface area (Å²) in [6, 6.07) is 21.4. The molecule has 31 heavy (non-hydrogen) atoms. The zero-order chi connectivity index (χ0) is 21.8. The van der Waals surface area contributed by atoms with Crippen LogP contribution in [0.2, 0.25) is 0 Å². The summed E-state index contributed by atoms with van der Waals surface area (Å²) in [5.74, 6) is -0.189. The smallest absolute Gasteiger partial charge is 0.313 e. The van der Waals surface area contributed by atoms with Crippen molar-refractivity contribution in [2.24, 2.45) is 0 Å². The molecule has 0 N–H and O–H groups in total. The monoisotopic (exact) mass is 440 g/mol.